The molecular weight excluding hydrogens is 351 g/mol. The molecule has 0 aromatic heterocycles. The number of methoxy groups -OCH3 is 1. The maximum absolute atomic E-state index is 13.2. The molecule has 0 aliphatic heterocycles. The lowest BCUT2D eigenvalue weighted by Gasteiger charge is -2.13. The van der Waals surface area contributed by atoms with E-state index in [1.54, 1.807) is 0 Å². The second-order valence-corrected chi connectivity index (χ2v) is 5.87. The van der Waals surface area contributed by atoms with Crippen molar-refractivity contribution in [3.05, 3.63) is 65.2 Å². The summed E-state index contributed by atoms with van der Waals surface area (Å²) in [6.45, 7) is 0. The fraction of sp³-hybridized carbons (Fsp3) is 0.176. The van der Waals surface area contributed by atoms with Gasteiger partial charge in [-0.1, -0.05) is 54.2 Å². The van der Waals surface area contributed by atoms with Crippen molar-refractivity contribution in [3.63, 3.8) is 0 Å². The van der Waals surface area contributed by atoms with Gasteiger partial charge in [-0.2, -0.15) is 18.3 Å². The van der Waals surface area contributed by atoms with E-state index >= 15 is 0 Å². The summed E-state index contributed by atoms with van der Waals surface area (Å²) >= 11 is 1.25. The first-order chi connectivity index (χ1) is 11.9. The Morgan fingerprint density at radius 3 is 2.52 bits per heavy atom. The summed E-state index contributed by atoms with van der Waals surface area (Å²) in [5.41, 5.74) is 5.74. The van der Waals surface area contributed by atoms with Gasteiger partial charge in [-0.3, -0.25) is 0 Å². The van der Waals surface area contributed by atoms with E-state index in [9.17, 15) is 13.2 Å². The van der Waals surface area contributed by atoms with Crippen molar-refractivity contribution in [2.45, 2.75) is 11.9 Å². The number of rotatable bonds is 5. The minimum atomic E-state index is -4.56. The number of benzene rings is 2. The van der Waals surface area contributed by atoms with Crippen LogP contribution in [0.5, 0.6) is 5.75 Å². The summed E-state index contributed by atoms with van der Waals surface area (Å²) < 4.78 is 44.3. The molecule has 0 radical (unpaired) electrons. The van der Waals surface area contributed by atoms with E-state index in [0.717, 1.165) is 11.8 Å². The first-order valence-electron chi connectivity index (χ1n) is 7.19. The van der Waals surface area contributed by atoms with Crippen LogP contribution in [0.3, 0.4) is 0 Å². The van der Waals surface area contributed by atoms with Crippen molar-refractivity contribution >= 4 is 23.1 Å². The average Bonchev–Trinajstić information content (AvgIpc) is 2.59. The molecule has 0 atom stereocenters. The third-order valence-corrected chi connectivity index (χ3v) is 4.00. The molecular formula is C17H16F3N3OS. The van der Waals surface area contributed by atoms with E-state index in [2.05, 4.69) is 10.2 Å². The Balaban J connectivity index is 2.11. The van der Waals surface area contributed by atoms with E-state index in [1.807, 2.05) is 30.3 Å². The number of ether oxygens (including phenoxy) is 1. The highest BCUT2D eigenvalue weighted by Gasteiger charge is 2.36. The van der Waals surface area contributed by atoms with Gasteiger partial charge in [-0.15, -0.1) is 5.10 Å². The summed E-state index contributed by atoms with van der Waals surface area (Å²) in [5, 5.41) is 7.56. The Labute approximate surface area is 147 Å². The first kappa shape index (κ1) is 18.9. The molecule has 2 aromatic rings. The van der Waals surface area contributed by atoms with Gasteiger partial charge in [-0.25, -0.2) is 0 Å². The van der Waals surface area contributed by atoms with Crippen molar-refractivity contribution in [2.75, 3.05) is 7.11 Å². The lowest BCUT2D eigenvalue weighted by molar-refractivity contribution is -0.138. The number of thioether (sulfide) groups is 1. The largest absolute Gasteiger partial charge is 0.496 e. The highest BCUT2D eigenvalue weighted by molar-refractivity contribution is 8.13. The summed E-state index contributed by atoms with van der Waals surface area (Å²) in [7, 11) is 1.18. The molecule has 0 saturated heterocycles. The van der Waals surface area contributed by atoms with Gasteiger partial charge >= 0.3 is 6.18 Å². The Morgan fingerprint density at radius 1 is 1.16 bits per heavy atom. The van der Waals surface area contributed by atoms with Crippen LogP contribution in [0.4, 0.5) is 13.2 Å². The lowest BCUT2D eigenvalue weighted by atomic mass is 10.1. The highest BCUT2D eigenvalue weighted by Crippen LogP contribution is 2.38. The monoisotopic (exact) mass is 367 g/mol. The number of nitrogens with two attached hydrogens (primary N) is 1. The fourth-order valence-electron chi connectivity index (χ4n) is 2.04. The van der Waals surface area contributed by atoms with Crippen molar-refractivity contribution in [3.8, 4) is 5.75 Å². The molecule has 0 amide bonds. The topological polar surface area (TPSA) is 60.0 Å². The molecule has 8 heteroatoms. The minimum absolute atomic E-state index is 0.142. The zero-order valence-corrected chi connectivity index (χ0v) is 14.1. The molecule has 2 aromatic carbocycles. The Morgan fingerprint density at radius 2 is 1.88 bits per heavy atom. The number of amidine groups is 1. The Hall–Kier alpha value is -2.48. The van der Waals surface area contributed by atoms with Gasteiger partial charge in [0.2, 0.25) is 0 Å². The van der Waals surface area contributed by atoms with Crippen LogP contribution in [0.15, 0.2) is 58.7 Å². The van der Waals surface area contributed by atoms with Crippen molar-refractivity contribution < 1.29 is 17.9 Å². The molecule has 0 unspecified atom stereocenters. The van der Waals surface area contributed by atoms with Crippen molar-refractivity contribution in [2.24, 2.45) is 15.9 Å². The van der Waals surface area contributed by atoms with Gasteiger partial charge in [0.05, 0.1) is 13.3 Å². The molecule has 132 valence electrons. The Kier molecular flexibility index (Phi) is 6.46. The van der Waals surface area contributed by atoms with Crippen molar-refractivity contribution in [1.82, 2.24) is 0 Å². The zero-order valence-electron chi connectivity index (χ0n) is 13.3. The predicted molar refractivity (Wildman–Crippen MR) is 94.9 cm³/mol. The average molecular weight is 367 g/mol. The second kappa shape index (κ2) is 8.57. The molecule has 0 aliphatic rings. The van der Waals surface area contributed by atoms with Crippen LogP contribution >= 0.6 is 11.8 Å². The van der Waals surface area contributed by atoms with Crippen LogP contribution in [0.2, 0.25) is 0 Å². The van der Waals surface area contributed by atoms with Crippen LogP contribution in [-0.2, 0) is 11.9 Å². The van der Waals surface area contributed by atoms with E-state index in [0.29, 0.717) is 5.75 Å². The number of hydrogen-bond donors (Lipinski definition) is 1. The van der Waals surface area contributed by atoms with Crippen LogP contribution in [0.25, 0.3) is 0 Å². The molecule has 0 saturated carbocycles. The molecule has 0 spiro atoms. The van der Waals surface area contributed by atoms with Crippen LogP contribution in [-0.4, -0.2) is 18.5 Å². The number of nitrogens with zero attached hydrogens (tertiary/aromatic N) is 2. The molecule has 2 rings (SSSR count). The van der Waals surface area contributed by atoms with E-state index in [1.165, 1.54) is 37.1 Å². The second-order valence-electron chi connectivity index (χ2n) is 4.88. The third kappa shape index (κ3) is 5.53. The van der Waals surface area contributed by atoms with Crippen LogP contribution in [0.1, 0.15) is 16.7 Å². The quantitative estimate of drug-likeness (QED) is 0.487. The van der Waals surface area contributed by atoms with Gasteiger partial charge in [0, 0.05) is 11.3 Å². The SMILES string of the molecule is COc1cccc(C=NN=C(N)SCc2ccccc2)c1C(F)(F)F. The third-order valence-electron chi connectivity index (χ3n) is 3.14. The van der Waals surface area contributed by atoms with E-state index in [-0.39, 0.29) is 16.5 Å². The molecule has 0 fully saturated rings. The summed E-state index contributed by atoms with van der Waals surface area (Å²) in [6.07, 6.45) is -3.55. The van der Waals surface area contributed by atoms with Crippen molar-refractivity contribution in [1.29, 1.82) is 0 Å². The number of halogens is 3. The van der Waals surface area contributed by atoms with Gasteiger partial charge in [0.25, 0.3) is 0 Å². The standard InChI is InChI=1S/C17H16F3N3OS/c1-24-14-9-5-8-13(15(14)17(18,19)20)10-22-23-16(21)25-11-12-6-3-2-4-7-12/h2-10H,11H2,1H3,(H2,21,23). The summed E-state index contributed by atoms with van der Waals surface area (Å²) in [5.74, 6) is 0.324. The molecule has 0 aliphatic carbocycles. The van der Waals surface area contributed by atoms with Crippen LogP contribution in [0, 0.1) is 0 Å². The van der Waals surface area contributed by atoms with E-state index in [4.69, 9.17) is 10.5 Å². The maximum Gasteiger partial charge on any atom is 0.420 e. The summed E-state index contributed by atoms with van der Waals surface area (Å²) in [6, 6.07) is 13.6. The highest BCUT2D eigenvalue weighted by atomic mass is 32.2. The molecule has 4 nitrogen and oxygen atoms in total. The molecule has 0 bridgehead atoms. The molecule has 25 heavy (non-hydrogen) atoms. The summed E-state index contributed by atoms with van der Waals surface area (Å²) in [4.78, 5) is 0. The lowest BCUT2D eigenvalue weighted by Crippen LogP contribution is -2.11. The van der Waals surface area contributed by atoms with Crippen LogP contribution < -0.4 is 10.5 Å². The van der Waals surface area contributed by atoms with Gasteiger partial charge in [-0.05, 0) is 11.6 Å². The van der Waals surface area contributed by atoms with Gasteiger partial charge in [0.15, 0.2) is 5.17 Å². The predicted octanol–water partition coefficient (Wildman–Crippen LogP) is 4.30. The maximum atomic E-state index is 13.2. The molecule has 2 N–H and O–H groups in total. The zero-order chi connectivity index (χ0) is 18.3. The normalized spacial score (nSPS) is 12.6. The first-order valence-corrected chi connectivity index (χ1v) is 8.18. The smallest absolute Gasteiger partial charge is 0.420 e. The van der Waals surface area contributed by atoms with E-state index < -0.39 is 11.7 Å². The number of alkyl halides is 3. The van der Waals surface area contributed by atoms with Gasteiger partial charge in [0.1, 0.15) is 11.3 Å². The minimum Gasteiger partial charge on any atom is -0.496 e. The fourth-order valence-corrected chi connectivity index (χ4v) is 2.65. The molecule has 0 heterocycles. The Bertz CT molecular complexity index is 761. The van der Waals surface area contributed by atoms with Gasteiger partial charge < -0.3 is 10.5 Å². The number of hydrogen-bond acceptors (Lipinski definition) is 4.